The molecule has 94 valence electrons. The van der Waals surface area contributed by atoms with Gasteiger partial charge >= 0.3 is 0 Å². The first-order chi connectivity index (χ1) is 7.45. The molecule has 0 aromatic carbocycles. The van der Waals surface area contributed by atoms with Gasteiger partial charge in [-0.2, -0.15) is 0 Å². The average Bonchev–Trinajstić information content (AvgIpc) is 2.86. The fourth-order valence-electron chi connectivity index (χ4n) is 3.06. The van der Waals surface area contributed by atoms with Crippen LogP contribution in [0.3, 0.4) is 0 Å². The predicted octanol–water partition coefficient (Wildman–Crippen LogP) is 2.49. The van der Waals surface area contributed by atoms with E-state index in [2.05, 4.69) is 44.8 Å². The highest BCUT2D eigenvalue weighted by atomic mass is 15.3. The van der Waals surface area contributed by atoms with E-state index < -0.39 is 0 Å². The maximum Gasteiger partial charge on any atom is 0.0221 e. The largest absolute Gasteiger partial charge is 0.311 e. The van der Waals surface area contributed by atoms with Crippen LogP contribution in [0.5, 0.6) is 0 Å². The van der Waals surface area contributed by atoms with Crippen molar-refractivity contribution in [3.63, 3.8) is 0 Å². The Bertz CT molecular complexity index is 245. The molecule has 3 unspecified atom stereocenters. The molecule has 1 saturated carbocycles. The molecule has 0 spiro atoms. The Labute approximate surface area is 101 Å². The normalized spacial score (nSPS) is 39.0. The second-order valence-electron chi connectivity index (χ2n) is 6.73. The maximum atomic E-state index is 3.72. The van der Waals surface area contributed by atoms with Crippen LogP contribution >= 0.6 is 0 Å². The quantitative estimate of drug-likeness (QED) is 0.792. The lowest BCUT2D eigenvalue weighted by atomic mass is 9.97. The van der Waals surface area contributed by atoms with Gasteiger partial charge in [0.15, 0.2) is 0 Å². The molecule has 2 heteroatoms. The van der Waals surface area contributed by atoms with Gasteiger partial charge in [0.1, 0.15) is 0 Å². The molecule has 0 bridgehead atoms. The van der Waals surface area contributed by atoms with Crippen LogP contribution in [-0.4, -0.2) is 36.1 Å². The zero-order valence-corrected chi connectivity index (χ0v) is 11.6. The molecule has 2 aliphatic rings. The standard InChI is InChI=1S/C14H28N2/c1-6-11-8-15-12(10(2)3)9-16(11)13-7-14(13,4)5/h10-13,15H,6-9H2,1-5H3. The van der Waals surface area contributed by atoms with Crippen molar-refractivity contribution in [2.24, 2.45) is 11.3 Å². The number of nitrogens with zero attached hydrogens (tertiary/aromatic N) is 1. The molecule has 1 aliphatic carbocycles. The summed E-state index contributed by atoms with van der Waals surface area (Å²) in [6.45, 7) is 14.3. The Hall–Kier alpha value is -0.0800. The Morgan fingerprint density at radius 2 is 2.00 bits per heavy atom. The molecule has 2 rings (SSSR count). The van der Waals surface area contributed by atoms with Crippen LogP contribution in [-0.2, 0) is 0 Å². The van der Waals surface area contributed by atoms with E-state index in [1.54, 1.807) is 0 Å². The van der Waals surface area contributed by atoms with Gasteiger partial charge in [0.2, 0.25) is 0 Å². The number of hydrogen-bond acceptors (Lipinski definition) is 2. The van der Waals surface area contributed by atoms with Gasteiger partial charge in [0.05, 0.1) is 0 Å². The van der Waals surface area contributed by atoms with Crippen molar-refractivity contribution in [1.82, 2.24) is 10.2 Å². The van der Waals surface area contributed by atoms with Crippen molar-refractivity contribution in [3.05, 3.63) is 0 Å². The Morgan fingerprint density at radius 1 is 1.38 bits per heavy atom. The lowest BCUT2D eigenvalue weighted by Gasteiger charge is -2.42. The Morgan fingerprint density at radius 3 is 2.44 bits per heavy atom. The van der Waals surface area contributed by atoms with E-state index in [-0.39, 0.29) is 0 Å². The van der Waals surface area contributed by atoms with Gasteiger partial charge in [-0.05, 0) is 24.2 Å². The summed E-state index contributed by atoms with van der Waals surface area (Å²) < 4.78 is 0. The molecule has 2 fully saturated rings. The van der Waals surface area contributed by atoms with Crippen LogP contribution in [0.25, 0.3) is 0 Å². The maximum absolute atomic E-state index is 3.72. The summed E-state index contributed by atoms with van der Waals surface area (Å²) in [5.74, 6) is 0.752. The second kappa shape index (κ2) is 4.30. The molecule has 0 amide bonds. The minimum Gasteiger partial charge on any atom is -0.311 e. The van der Waals surface area contributed by atoms with Crippen molar-refractivity contribution in [3.8, 4) is 0 Å². The van der Waals surface area contributed by atoms with Gasteiger partial charge in [-0.3, -0.25) is 4.90 Å². The van der Waals surface area contributed by atoms with E-state index in [4.69, 9.17) is 0 Å². The van der Waals surface area contributed by atoms with Crippen molar-refractivity contribution >= 4 is 0 Å². The van der Waals surface area contributed by atoms with Crippen LogP contribution in [0.4, 0.5) is 0 Å². The smallest absolute Gasteiger partial charge is 0.0221 e. The molecule has 1 aliphatic heterocycles. The summed E-state index contributed by atoms with van der Waals surface area (Å²) in [7, 11) is 0. The van der Waals surface area contributed by atoms with Crippen molar-refractivity contribution < 1.29 is 0 Å². The molecular weight excluding hydrogens is 196 g/mol. The third-order valence-electron chi connectivity index (χ3n) is 4.63. The van der Waals surface area contributed by atoms with Gasteiger partial charge in [0, 0.05) is 31.2 Å². The molecule has 0 aromatic heterocycles. The first-order valence-corrected chi connectivity index (χ1v) is 6.95. The highest BCUT2D eigenvalue weighted by molar-refractivity contribution is 5.06. The van der Waals surface area contributed by atoms with E-state index >= 15 is 0 Å². The van der Waals surface area contributed by atoms with Crippen molar-refractivity contribution in [2.75, 3.05) is 13.1 Å². The average molecular weight is 224 g/mol. The molecule has 1 heterocycles. The van der Waals surface area contributed by atoms with Crippen LogP contribution in [0, 0.1) is 11.3 Å². The predicted molar refractivity (Wildman–Crippen MR) is 69.6 cm³/mol. The summed E-state index contributed by atoms with van der Waals surface area (Å²) in [4.78, 5) is 2.79. The van der Waals surface area contributed by atoms with E-state index in [9.17, 15) is 0 Å². The number of nitrogens with one attached hydrogen (secondary N) is 1. The summed E-state index contributed by atoms with van der Waals surface area (Å²) in [6, 6.07) is 2.31. The number of rotatable bonds is 3. The van der Waals surface area contributed by atoms with Gasteiger partial charge < -0.3 is 5.32 Å². The zero-order chi connectivity index (χ0) is 11.9. The first kappa shape index (κ1) is 12.4. The van der Waals surface area contributed by atoms with Crippen LogP contribution in [0.15, 0.2) is 0 Å². The molecule has 1 saturated heterocycles. The molecule has 2 nitrogen and oxygen atoms in total. The highest BCUT2D eigenvalue weighted by Gasteiger charge is 2.51. The molecule has 0 aromatic rings. The minimum absolute atomic E-state index is 0.576. The van der Waals surface area contributed by atoms with Gasteiger partial charge in [-0.25, -0.2) is 0 Å². The summed E-state index contributed by atoms with van der Waals surface area (Å²) in [6.07, 6.45) is 2.68. The molecular formula is C14H28N2. The number of hydrogen-bond donors (Lipinski definition) is 1. The van der Waals surface area contributed by atoms with Crippen molar-refractivity contribution in [1.29, 1.82) is 0 Å². The summed E-state index contributed by atoms with van der Waals surface area (Å²) in [5, 5.41) is 3.72. The number of piperazine rings is 1. The summed E-state index contributed by atoms with van der Waals surface area (Å²) >= 11 is 0. The summed E-state index contributed by atoms with van der Waals surface area (Å²) in [5.41, 5.74) is 0.576. The first-order valence-electron chi connectivity index (χ1n) is 6.95. The van der Waals surface area contributed by atoms with Crippen molar-refractivity contribution in [2.45, 2.75) is 65.6 Å². The van der Waals surface area contributed by atoms with Crippen LogP contribution < -0.4 is 5.32 Å². The topological polar surface area (TPSA) is 15.3 Å². The fourth-order valence-corrected chi connectivity index (χ4v) is 3.06. The van der Waals surface area contributed by atoms with E-state index in [1.165, 1.54) is 25.9 Å². The molecule has 1 N–H and O–H groups in total. The fraction of sp³-hybridized carbons (Fsp3) is 1.00. The van der Waals surface area contributed by atoms with Crippen LogP contribution in [0.2, 0.25) is 0 Å². The Kier molecular flexibility index (Phi) is 3.33. The van der Waals surface area contributed by atoms with E-state index in [0.717, 1.165) is 18.0 Å². The lowest BCUT2D eigenvalue weighted by molar-refractivity contribution is 0.0907. The van der Waals surface area contributed by atoms with E-state index in [0.29, 0.717) is 11.5 Å². The monoisotopic (exact) mass is 224 g/mol. The van der Waals surface area contributed by atoms with Gasteiger partial charge in [0.25, 0.3) is 0 Å². The highest BCUT2D eigenvalue weighted by Crippen LogP contribution is 2.49. The SMILES string of the molecule is CCC1CNC(C(C)C)CN1C1CC1(C)C. The third-order valence-corrected chi connectivity index (χ3v) is 4.63. The van der Waals surface area contributed by atoms with Crippen LogP contribution in [0.1, 0.15) is 47.5 Å². The Balaban J connectivity index is 2.01. The molecule has 16 heavy (non-hydrogen) atoms. The third kappa shape index (κ3) is 2.28. The molecule has 3 atom stereocenters. The minimum atomic E-state index is 0.576. The zero-order valence-electron chi connectivity index (χ0n) is 11.6. The van der Waals surface area contributed by atoms with Gasteiger partial charge in [-0.1, -0.05) is 34.6 Å². The van der Waals surface area contributed by atoms with Gasteiger partial charge in [-0.15, -0.1) is 0 Å². The van der Waals surface area contributed by atoms with E-state index in [1.807, 2.05) is 0 Å². The lowest BCUT2D eigenvalue weighted by Crippen LogP contribution is -2.59. The second-order valence-corrected chi connectivity index (χ2v) is 6.73. The molecule has 0 radical (unpaired) electrons.